The first-order valence-electron chi connectivity index (χ1n) is 4.77. The van der Waals surface area contributed by atoms with Crippen molar-refractivity contribution in [1.82, 2.24) is 0 Å². The first-order chi connectivity index (χ1) is 6.42. The summed E-state index contributed by atoms with van der Waals surface area (Å²) >= 11 is 1.78. The lowest BCUT2D eigenvalue weighted by molar-refractivity contribution is 0.0914. The van der Waals surface area contributed by atoms with E-state index < -0.39 is 0 Å². The van der Waals surface area contributed by atoms with Gasteiger partial charge in [-0.2, -0.15) is 0 Å². The fraction of sp³-hybridized carbons (Fsp3) is 0.600. The molecule has 0 aliphatic carbocycles. The molecule has 1 aliphatic rings. The van der Waals surface area contributed by atoms with Crippen molar-refractivity contribution in [2.75, 3.05) is 13.2 Å². The first kappa shape index (κ1) is 9.19. The van der Waals surface area contributed by atoms with E-state index in [0.29, 0.717) is 18.6 Å². The highest BCUT2D eigenvalue weighted by Crippen LogP contribution is 2.30. The van der Waals surface area contributed by atoms with Gasteiger partial charge in [0, 0.05) is 23.9 Å². The van der Waals surface area contributed by atoms with Gasteiger partial charge in [-0.1, -0.05) is 6.07 Å². The molecule has 0 spiro atoms. The highest BCUT2D eigenvalue weighted by molar-refractivity contribution is 7.10. The molecule has 1 fully saturated rings. The van der Waals surface area contributed by atoms with Crippen molar-refractivity contribution in [3.63, 3.8) is 0 Å². The number of hydrogen-bond acceptors (Lipinski definition) is 3. The molecular weight excluding hydrogens is 182 g/mol. The van der Waals surface area contributed by atoms with Crippen LogP contribution in [0.2, 0.25) is 0 Å². The summed E-state index contributed by atoms with van der Waals surface area (Å²) in [6.45, 7) is 1.61. The number of thiophene rings is 1. The third-order valence-electron chi connectivity index (χ3n) is 2.58. The van der Waals surface area contributed by atoms with Gasteiger partial charge in [0.15, 0.2) is 0 Å². The Balaban J connectivity index is 2.08. The Bertz CT molecular complexity index is 241. The molecule has 2 N–H and O–H groups in total. The minimum Gasteiger partial charge on any atom is -0.378 e. The minimum absolute atomic E-state index is 0.364. The van der Waals surface area contributed by atoms with E-state index in [-0.39, 0.29) is 0 Å². The van der Waals surface area contributed by atoms with Crippen molar-refractivity contribution in [3.8, 4) is 0 Å². The maximum absolute atomic E-state index is 5.77. The van der Waals surface area contributed by atoms with Gasteiger partial charge in [-0.3, -0.25) is 0 Å². The van der Waals surface area contributed by atoms with Gasteiger partial charge in [0.05, 0.1) is 6.10 Å². The van der Waals surface area contributed by atoms with Gasteiger partial charge < -0.3 is 10.5 Å². The zero-order chi connectivity index (χ0) is 9.10. The number of hydrogen-bond donors (Lipinski definition) is 1. The summed E-state index contributed by atoms with van der Waals surface area (Å²) in [7, 11) is 0. The van der Waals surface area contributed by atoms with Gasteiger partial charge in [-0.25, -0.2) is 0 Å². The molecule has 72 valence electrons. The van der Waals surface area contributed by atoms with E-state index in [9.17, 15) is 0 Å². The molecule has 1 aliphatic heterocycles. The SMILES string of the molecule is NCC(c1cccs1)C1CCCO1. The standard InChI is InChI=1S/C10H15NOS/c11-7-8(9-3-1-5-12-9)10-4-2-6-13-10/h2,4,6,8-9H,1,3,5,7,11H2. The number of ether oxygens (including phenoxy) is 1. The van der Waals surface area contributed by atoms with E-state index in [2.05, 4.69) is 17.5 Å². The lowest BCUT2D eigenvalue weighted by atomic mass is 9.98. The first-order valence-corrected chi connectivity index (χ1v) is 5.65. The summed E-state index contributed by atoms with van der Waals surface area (Å²) in [6, 6.07) is 4.24. The zero-order valence-corrected chi connectivity index (χ0v) is 8.43. The Morgan fingerprint density at radius 1 is 1.69 bits per heavy atom. The Hall–Kier alpha value is -0.380. The largest absolute Gasteiger partial charge is 0.378 e. The predicted molar refractivity (Wildman–Crippen MR) is 55.1 cm³/mol. The monoisotopic (exact) mass is 197 g/mol. The second-order valence-corrected chi connectivity index (χ2v) is 4.39. The molecule has 2 atom stereocenters. The molecule has 0 bridgehead atoms. The van der Waals surface area contributed by atoms with Crippen LogP contribution in [0.3, 0.4) is 0 Å². The molecule has 1 saturated heterocycles. The van der Waals surface area contributed by atoms with Crippen molar-refractivity contribution in [1.29, 1.82) is 0 Å². The molecule has 0 saturated carbocycles. The van der Waals surface area contributed by atoms with Crippen molar-refractivity contribution in [2.45, 2.75) is 24.9 Å². The van der Waals surface area contributed by atoms with Crippen LogP contribution in [0.1, 0.15) is 23.6 Å². The van der Waals surface area contributed by atoms with Gasteiger partial charge in [0.2, 0.25) is 0 Å². The highest BCUT2D eigenvalue weighted by Gasteiger charge is 2.26. The van der Waals surface area contributed by atoms with E-state index in [0.717, 1.165) is 6.61 Å². The summed E-state index contributed by atoms with van der Waals surface area (Å²) in [5.41, 5.74) is 5.77. The van der Waals surface area contributed by atoms with Crippen LogP contribution in [-0.2, 0) is 4.74 Å². The van der Waals surface area contributed by atoms with Crippen molar-refractivity contribution < 1.29 is 4.74 Å². The number of rotatable bonds is 3. The Morgan fingerprint density at radius 2 is 2.62 bits per heavy atom. The van der Waals surface area contributed by atoms with Gasteiger partial charge in [0.1, 0.15) is 0 Å². The summed E-state index contributed by atoms with van der Waals surface area (Å²) in [6.07, 6.45) is 2.72. The lowest BCUT2D eigenvalue weighted by Crippen LogP contribution is -2.24. The zero-order valence-electron chi connectivity index (χ0n) is 7.61. The van der Waals surface area contributed by atoms with E-state index in [4.69, 9.17) is 10.5 Å². The fourth-order valence-corrected chi connectivity index (χ4v) is 2.77. The van der Waals surface area contributed by atoms with Gasteiger partial charge in [-0.15, -0.1) is 11.3 Å². The Morgan fingerprint density at radius 3 is 3.15 bits per heavy atom. The van der Waals surface area contributed by atoms with Gasteiger partial charge >= 0.3 is 0 Å². The van der Waals surface area contributed by atoms with Gasteiger partial charge in [0.25, 0.3) is 0 Å². The molecule has 0 radical (unpaired) electrons. The molecule has 2 nitrogen and oxygen atoms in total. The molecule has 2 heterocycles. The van der Waals surface area contributed by atoms with Crippen molar-refractivity contribution in [2.24, 2.45) is 5.73 Å². The molecule has 3 heteroatoms. The fourth-order valence-electron chi connectivity index (χ4n) is 1.87. The third-order valence-corrected chi connectivity index (χ3v) is 3.58. The summed E-state index contributed by atoms with van der Waals surface area (Å²) in [5, 5.41) is 2.10. The molecule has 1 aromatic heterocycles. The predicted octanol–water partition coefficient (Wildman–Crippen LogP) is 1.97. The molecule has 1 aromatic rings. The van der Waals surface area contributed by atoms with Crippen LogP contribution in [0, 0.1) is 0 Å². The topological polar surface area (TPSA) is 35.2 Å². The third kappa shape index (κ3) is 1.93. The smallest absolute Gasteiger partial charge is 0.0664 e. The molecule has 2 unspecified atom stereocenters. The number of nitrogens with two attached hydrogens (primary N) is 1. The van der Waals surface area contributed by atoms with Crippen LogP contribution >= 0.6 is 11.3 Å². The van der Waals surface area contributed by atoms with Crippen LogP contribution < -0.4 is 5.73 Å². The Kier molecular flexibility index (Phi) is 2.98. The maximum Gasteiger partial charge on any atom is 0.0664 e. The normalized spacial score (nSPS) is 24.8. The summed E-state index contributed by atoms with van der Waals surface area (Å²) in [5.74, 6) is 0.419. The molecule has 2 rings (SSSR count). The summed E-state index contributed by atoms with van der Waals surface area (Å²) in [4.78, 5) is 1.37. The van der Waals surface area contributed by atoms with E-state index in [1.807, 2.05) is 0 Å². The van der Waals surface area contributed by atoms with E-state index in [1.54, 1.807) is 11.3 Å². The molecule has 13 heavy (non-hydrogen) atoms. The van der Waals surface area contributed by atoms with Crippen LogP contribution in [0.25, 0.3) is 0 Å². The van der Waals surface area contributed by atoms with Crippen molar-refractivity contribution >= 4 is 11.3 Å². The highest BCUT2D eigenvalue weighted by atomic mass is 32.1. The van der Waals surface area contributed by atoms with Crippen LogP contribution in [0.15, 0.2) is 17.5 Å². The van der Waals surface area contributed by atoms with Crippen LogP contribution in [0.5, 0.6) is 0 Å². The molecule has 0 amide bonds. The second kappa shape index (κ2) is 4.22. The van der Waals surface area contributed by atoms with Gasteiger partial charge in [-0.05, 0) is 24.3 Å². The average molecular weight is 197 g/mol. The maximum atomic E-state index is 5.77. The van der Waals surface area contributed by atoms with E-state index >= 15 is 0 Å². The second-order valence-electron chi connectivity index (χ2n) is 3.41. The van der Waals surface area contributed by atoms with E-state index in [1.165, 1.54) is 17.7 Å². The molecular formula is C10H15NOS. The lowest BCUT2D eigenvalue weighted by Gasteiger charge is -2.19. The average Bonchev–Trinajstić information content (AvgIpc) is 2.76. The molecule has 0 aromatic carbocycles. The Labute approximate surface area is 82.7 Å². The van der Waals surface area contributed by atoms with Crippen molar-refractivity contribution in [3.05, 3.63) is 22.4 Å². The summed E-state index contributed by atoms with van der Waals surface area (Å²) < 4.78 is 5.66. The van der Waals surface area contributed by atoms with Crippen LogP contribution in [0.4, 0.5) is 0 Å². The van der Waals surface area contributed by atoms with Crippen LogP contribution in [-0.4, -0.2) is 19.3 Å². The quantitative estimate of drug-likeness (QED) is 0.804. The minimum atomic E-state index is 0.364.